The van der Waals surface area contributed by atoms with Crippen molar-refractivity contribution in [2.45, 2.75) is 32.2 Å². The number of nitrogens with zero attached hydrogens (tertiary/aromatic N) is 1. The van der Waals surface area contributed by atoms with Gasteiger partial charge in [-0.15, -0.1) is 0 Å². The second-order valence-electron chi connectivity index (χ2n) is 8.87. The highest BCUT2D eigenvalue weighted by Crippen LogP contribution is 2.41. The zero-order chi connectivity index (χ0) is 24.9. The molecule has 4 rings (SSSR count). The van der Waals surface area contributed by atoms with E-state index in [4.69, 9.17) is 14.2 Å². The SMILES string of the molecule is COc1cc(-c2ccc3cc(CC(=O)N4CCCC(NC(C)=O)C4)ccc3c2)cc(OC)c1OC. The maximum atomic E-state index is 12.9. The summed E-state index contributed by atoms with van der Waals surface area (Å²) in [6.07, 6.45) is 2.16. The Morgan fingerprint density at radius 2 is 1.60 bits per heavy atom. The van der Waals surface area contributed by atoms with E-state index in [0.29, 0.717) is 30.2 Å². The summed E-state index contributed by atoms with van der Waals surface area (Å²) in [6, 6.07) is 16.3. The summed E-state index contributed by atoms with van der Waals surface area (Å²) in [5.41, 5.74) is 2.96. The van der Waals surface area contributed by atoms with Crippen molar-refractivity contribution < 1.29 is 23.8 Å². The van der Waals surface area contributed by atoms with E-state index in [1.807, 2.05) is 23.1 Å². The Labute approximate surface area is 206 Å². The van der Waals surface area contributed by atoms with E-state index in [9.17, 15) is 9.59 Å². The van der Waals surface area contributed by atoms with Crippen LogP contribution in [0.2, 0.25) is 0 Å². The number of benzene rings is 3. The van der Waals surface area contributed by atoms with Crippen LogP contribution in [0.4, 0.5) is 0 Å². The second kappa shape index (κ2) is 10.7. The van der Waals surface area contributed by atoms with E-state index in [0.717, 1.165) is 46.8 Å². The first kappa shape index (κ1) is 24.4. The largest absolute Gasteiger partial charge is 0.493 e. The summed E-state index contributed by atoms with van der Waals surface area (Å²) < 4.78 is 16.4. The van der Waals surface area contributed by atoms with Crippen LogP contribution in [0.3, 0.4) is 0 Å². The molecule has 7 heteroatoms. The first-order valence-electron chi connectivity index (χ1n) is 11.8. The van der Waals surface area contributed by atoms with Crippen LogP contribution >= 0.6 is 0 Å². The molecule has 0 aliphatic carbocycles. The van der Waals surface area contributed by atoms with Gasteiger partial charge in [0.25, 0.3) is 0 Å². The maximum absolute atomic E-state index is 12.9. The zero-order valence-corrected chi connectivity index (χ0v) is 20.7. The molecule has 1 unspecified atom stereocenters. The lowest BCUT2D eigenvalue weighted by Crippen LogP contribution is -2.49. The molecular formula is C28H32N2O5. The van der Waals surface area contributed by atoms with Gasteiger partial charge in [-0.2, -0.15) is 0 Å². The van der Waals surface area contributed by atoms with Crippen molar-refractivity contribution in [3.63, 3.8) is 0 Å². The molecule has 0 spiro atoms. The smallest absolute Gasteiger partial charge is 0.227 e. The minimum atomic E-state index is -0.0512. The molecule has 0 bridgehead atoms. The summed E-state index contributed by atoms with van der Waals surface area (Å²) in [4.78, 5) is 26.2. The number of likely N-dealkylation sites (tertiary alicyclic amines) is 1. The van der Waals surface area contributed by atoms with Crippen LogP contribution in [-0.2, 0) is 16.0 Å². The predicted octanol–water partition coefficient (Wildman–Crippen LogP) is 4.20. The minimum Gasteiger partial charge on any atom is -0.493 e. The van der Waals surface area contributed by atoms with Gasteiger partial charge in [-0.3, -0.25) is 9.59 Å². The van der Waals surface area contributed by atoms with E-state index in [-0.39, 0.29) is 17.9 Å². The predicted molar refractivity (Wildman–Crippen MR) is 136 cm³/mol. The van der Waals surface area contributed by atoms with Gasteiger partial charge in [0.2, 0.25) is 17.6 Å². The number of amides is 2. The van der Waals surface area contributed by atoms with Gasteiger partial charge in [0.15, 0.2) is 11.5 Å². The number of piperidine rings is 1. The molecule has 1 heterocycles. The molecule has 0 saturated carbocycles. The summed E-state index contributed by atoms with van der Waals surface area (Å²) in [5, 5.41) is 5.09. The second-order valence-corrected chi connectivity index (χ2v) is 8.87. The topological polar surface area (TPSA) is 77.1 Å². The fourth-order valence-corrected chi connectivity index (χ4v) is 4.73. The Balaban J connectivity index is 1.53. The molecule has 7 nitrogen and oxygen atoms in total. The highest BCUT2D eigenvalue weighted by atomic mass is 16.5. The van der Waals surface area contributed by atoms with Gasteiger partial charge in [-0.25, -0.2) is 0 Å². The Kier molecular flexibility index (Phi) is 7.44. The average molecular weight is 477 g/mol. The van der Waals surface area contributed by atoms with Gasteiger partial charge in [-0.05, 0) is 58.5 Å². The molecule has 1 atom stereocenters. The lowest BCUT2D eigenvalue weighted by molar-refractivity contribution is -0.132. The summed E-state index contributed by atoms with van der Waals surface area (Å²) in [6.45, 7) is 2.83. The molecule has 1 aliphatic rings. The number of hydrogen-bond donors (Lipinski definition) is 1. The molecule has 1 saturated heterocycles. The van der Waals surface area contributed by atoms with Crippen LogP contribution in [0.15, 0.2) is 48.5 Å². The molecule has 1 aliphatic heterocycles. The number of fused-ring (bicyclic) bond motifs is 1. The van der Waals surface area contributed by atoms with Crippen LogP contribution in [0.25, 0.3) is 21.9 Å². The van der Waals surface area contributed by atoms with Crippen molar-refractivity contribution in [3.05, 3.63) is 54.1 Å². The standard InChI is InChI=1S/C28H32N2O5/c1-18(31)29-24-6-5-11-30(17-24)27(32)13-19-7-8-21-14-22(10-9-20(21)12-19)23-15-25(33-2)28(35-4)26(16-23)34-3/h7-10,12,14-16,24H,5-6,11,13,17H2,1-4H3,(H,29,31). The van der Waals surface area contributed by atoms with Crippen molar-refractivity contribution in [2.75, 3.05) is 34.4 Å². The quantitative estimate of drug-likeness (QED) is 0.553. The normalized spacial score (nSPS) is 15.5. The molecule has 35 heavy (non-hydrogen) atoms. The van der Waals surface area contributed by atoms with Crippen molar-refractivity contribution in [1.29, 1.82) is 0 Å². The molecule has 184 valence electrons. The first-order valence-corrected chi connectivity index (χ1v) is 11.8. The summed E-state index contributed by atoms with van der Waals surface area (Å²) in [5.74, 6) is 1.81. The number of carbonyl (C=O) groups excluding carboxylic acids is 2. The van der Waals surface area contributed by atoms with Crippen molar-refractivity contribution in [3.8, 4) is 28.4 Å². The number of ether oxygens (including phenoxy) is 3. The third-order valence-electron chi connectivity index (χ3n) is 6.44. The van der Waals surface area contributed by atoms with E-state index >= 15 is 0 Å². The highest BCUT2D eigenvalue weighted by molar-refractivity contribution is 5.89. The van der Waals surface area contributed by atoms with Crippen LogP contribution < -0.4 is 19.5 Å². The van der Waals surface area contributed by atoms with Crippen molar-refractivity contribution in [2.24, 2.45) is 0 Å². The number of nitrogens with one attached hydrogen (secondary N) is 1. The van der Waals surface area contributed by atoms with Crippen LogP contribution in [0.1, 0.15) is 25.3 Å². The number of methoxy groups -OCH3 is 3. The van der Waals surface area contributed by atoms with Gasteiger partial charge in [0.05, 0.1) is 27.8 Å². The average Bonchev–Trinajstić information content (AvgIpc) is 2.87. The van der Waals surface area contributed by atoms with Gasteiger partial charge in [0.1, 0.15) is 0 Å². The number of rotatable bonds is 7. The Morgan fingerprint density at radius 1 is 0.914 bits per heavy atom. The minimum absolute atomic E-state index is 0.0374. The van der Waals surface area contributed by atoms with Crippen LogP contribution in [-0.4, -0.2) is 57.2 Å². The molecule has 0 radical (unpaired) electrons. The molecule has 2 amide bonds. The van der Waals surface area contributed by atoms with E-state index in [1.165, 1.54) is 6.92 Å². The molecule has 1 N–H and O–H groups in total. The lowest BCUT2D eigenvalue weighted by Gasteiger charge is -2.33. The van der Waals surface area contributed by atoms with Gasteiger partial charge < -0.3 is 24.4 Å². The lowest BCUT2D eigenvalue weighted by atomic mass is 9.98. The monoisotopic (exact) mass is 476 g/mol. The van der Waals surface area contributed by atoms with Crippen molar-refractivity contribution in [1.82, 2.24) is 10.2 Å². The Bertz CT molecular complexity index is 1210. The fraction of sp³-hybridized carbons (Fsp3) is 0.357. The summed E-state index contributed by atoms with van der Waals surface area (Å²) >= 11 is 0. The molecule has 3 aromatic rings. The van der Waals surface area contributed by atoms with Gasteiger partial charge in [-0.1, -0.05) is 30.3 Å². The van der Waals surface area contributed by atoms with Gasteiger partial charge >= 0.3 is 0 Å². The van der Waals surface area contributed by atoms with Crippen LogP contribution in [0, 0.1) is 0 Å². The molecular weight excluding hydrogens is 444 g/mol. The molecule has 1 fully saturated rings. The Morgan fingerprint density at radius 3 is 2.26 bits per heavy atom. The number of carbonyl (C=O) groups is 2. The molecule has 0 aromatic heterocycles. The zero-order valence-electron chi connectivity index (χ0n) is 20.7. The van der Waals surface area contributed by atoms with E-state index < -0.39 is 0 Å². The Hall–Kier alpha value is -3.74. The van der Waals surface area contributed by atoms with E-state index in [2.05, 4.69) is 35.6 Å². The van der Waals surface area contributed by atoms with Crippen molar-refractivity contribution >= 4 is 22.6 Å². The molecule has 3 aromatic carbocycles. The third-order valence-corrected chi connectivity index (χ3v) is 6.44. The first-order chi connectivity index (χ1) is 16.9. The van der Waals surface area contributed by atoms with Gasteiger partial charge in [0, 0.05) is 26.1 Å². The highest BCUT2D eigenvalue weighted by Gasteiger charge is 2.24. The third kappa shape index (κ3) is 5.50. The van der Waals surface area contributed by atoms with E-state index in [1.54, 1.807) is 21.3 Å². The number of hydrogen-bond acceptors (Lipinski definition) is 5. The van der Waals surface area contributed by atoms with Crippen LogP contribution in [0.5, 0.6) is 17.2 Å². The fourth-order valence-electron chi connectivity index (χ4n) is 4.73. The maximum Gasteiger partial charge on any atom is 0.227 e. The summed E-state index contributed by atoms with van der Waals surface area (Å²) in [7, 11) is 4.80.